The zero-order valence-electron chi connectivity index (χ0n) is 16.8. The first-order chi connectivity index (χ1) is 12.8. The van der Waals surface area contributed by atoms with E-state index in [9.17, 15) is 15.3 Å². The molecular weight excluding hydrogens is 342 g/mol. The minimum atomic E-state index is -0.858. The van der Waals surface area contributed by atoms with Crippen molar-refractivity contribution < 1.29 is 20.1 Å². The minimum absolute atomic E-state index is 0.0657. The molecule has 5 nitrogen and oxygen atoms in total. The van der Waals surface area contributed by atoms with E-state index in [1.807, 2.05) is 0 Å². The van der Waals surface area contributed by atoms with Crippen LogP contribution < -0.4 is 0 Å². The van der Waals surface area contributed by atoms with Gasteiger partial charge in [-0.1, -0.05) is 13.8 Å². The summed E-state index contributed by atoms with van der Waals surface area (Å²) in [7, 11) is 1.73. The molecule has 5 heteroatoms. The van der Waals surface area contributed by atoms with E-state index in [0.717, 1.165) is 38.8 Å². The van der Waals surface area contributed by atoms with Crippen LogP contribution in [-0.4, -0.2) is 70.4 Å². The molecule has 12 atom stereocenters. The summed E-state index contributed by atoms with van der Waals surface area (Å²) in [4.78, 5) is 2.60. The normalized spacial score (nSPS) is 66.2. The fourth-order valence-corrected chi connectivity index (χ4v) is 10.1. The van der Waals surface area contributed by atoms with Gasteiger partial charge in [0, 0.05) is 49.3 Å². The van der Waals surface area contributed by atoms with Crippen LogP contribution in [0.1, 0.15) is 46.0 Å². The van der Waals surface area contributed by atoms with Gasteiger partial charge in [0.15, 0.2) is 0 Å². The molecule has 1 heterocycles. The van der Waals surface area contributed by atoms with Crippen LogP contribution in [0.5, 0.6) is 0 Å². The van der Waals surface area contributed by atoms with E-state index in [-0.39, 0.29) is 52.8 Å². The molecule has 0 radical (unpaired) electrons. The molecule has 6 aliphatic rings. The van der Waals surface area contributed by atoms with Crippen LogP contribution in [0.3, 0.4) is 0 Å². The first kappa shape index (κ1) is 17.6. The van der Waals surface area contributed by atoms with Crippen LogP contribution in [0.15, 0.2) is 0 Å². The summed E-state index contributed by atoms with van der Waals surface area (Å²) < 4.78 is 5.79. The lowest BCUT2D eigenvalue weighted by Crippen LogP contribution is -2.75. The molecule has 6 rings (SSSR count). The van der Waals surface area contributed by atoms with Crippen LogP contribution in [0, 0.1) is 40.4 Å². The van der Waals surface area contributed by atoms with Gasteiger partial charge in [-0.15, -0.1) is 0 Å². The highest BCUT2D eigenvalue weighted by Crippen LogP contribution is 2.78. The summed E-state index contributed by atoms with van der Waals surface area (Å²) in [5.41, 5.74) is -0.788. The molecule has 1 aliphatic heterocycles. The van der Waals surface area contributed by atoms with Crippen LogP contribution in [0.4, 0.5) is 0 Å². The monoisotopic (exact) mass is 377 g/mol. The first-order valence-electron chi connectivity index (χ1n) is 11.2. The van der Waals surface area contributed by atoms with Crippen molar-refractivity contribution in [3.63, 3.8) is 0 Å². The second-order valence-corrected chi connectivity index (χ2v) is 11.1. The van der Waals surface area contributed by atoms with Crippen molar-refractivity contribution >= 4 is 0 Å². The number of aliphatic hydroxyl groups excluding tert-OH is 2. The standard InChI is InChI=1S/C22H35NO4/c1-4-23-10-20(2)6-5-16(24)22-12-7-11-14(27-3)9-21(26,17(12)18(11)25)13(19(22)23)8-15(20)22/h11-19,24-26H,4-10H2,1-3H3/t11-,12+,13-,14+,15-,16-,17+,18+,19+,20+,21-,22+/m0/s1. The van der Waals surface area contributed by atoms with E-state index in [1.54, 1.807) is 7.11 Å². The molecule has 5 aliphatic carbocycles. The third-order valence-corrected chi connectivity index (χ3v) is 10.7. The Morgan fingerprint density at radius 3 is 2.67 bits per heavy atom. The summed E-state index contributed by atoms with van der Waals surface area (Å²) >= 11 is 0. The van der Waals surface area contributed by atoms with E-state index >= 15 is 0 Å². The van der Waals surface area contributed by atoms with Gasteiger partial charge in [0.2, 0.25) is 0 Å². The maximum Gasteiger partial charge on any atom is 0.0771 e. The van der Waals surface area contributed by atoms with Crippen LogP contribution in [0.2, 0.25) is 0 Å². The summed E-state index contributed by atoms with van der Waals surface area (Å²) in [5.74, 6) is 0.840. The molecule has 6 fully saturated rings. The summed E-state index contributed by atoms with van der Waals surface area (Å²) in [6.07, 6.45) is 3.66. The predicted molar refractivity (Wildman–Crippen MR) is 99.9 cm³/mol. The second-order valence-electron chi connectivity index (χ2n) is 11.1. The smallest absolute Gasteiger partial charge is 0.0771 e. The van der Waals surface area contributed by atoms with E-state index in [4.69, 9.17) is 4.74 Å². The third kappa shape index (κ3) is 1.66. The van der Waals surface area contributed by atoms with Gasteiger partial charge in [0.05, 0.1) is 23.9 Å². The van der Waals surface area contributed by atoms with Crippen LogP contribution >= 0.6 is 0 Å². The number of ether oxygens (including phenoxy) is 1. The number of fused-ring (bicyclic) bond motifs is 2. The Labute approximate surface area is 162 Å². The number of methoxy groups -OCH3 is 1. The molecule has 0 aromatic heterocycles. The molecule has 27 heavy (non-hydrogen) atoms. The zero-order valence-corrected chi connectivity index (χ0v) is 16.8. The van der Waals surface area contributed by atoms with Crippen molar-refractivity contribution in [3.05, 3.63) is 0 Å². The largest absolute Gasteiger partial charge is 0.392 e. The van der Waals surface area contributed by atoms with E-state index in [0.29, 0.717) is 12.3 Å². The second kappa shape index (κ2) is 5.10. The minimum Gasteiger partial charge on any atom is -0.392 e. The van der Waals surface area contributed by atoms with Gasteiger partial charge >= 0.3 is 0 Å². The summed E-state index contributed by atoms with van der Waals surface area (Å²) in [5, 5.41) is 34.9. The molecule has 1 spiro atoms. The molecule has 7 bridgehead atoms. The number of piperidine rings is 1. The van der Waals surface area contributed by atoms with Gasteiger partial charge in [-0.3, -0.25) is 4.90 Å². The first-order valence-corrected chi connectivity index (χ1v) is 11.2. The summed E-state index contributed by atoms with van der Waals surface area (Å²) in [6, 6.07) is 0.253. The molecule has 1 saturated heterocycles. The van der Waals surface area contributed by atoms with Crippen LogP contribution in [-0.2, 0) is 4.74 Å². The third-order valence-electron chi connectivity index (χ3n) is 10.7. The molecule has 0 amide bonds. The average Bonchev–Trinajstić information content (AvgIpc) is 3.07. The van der Waals surface area contributed by atoms with Gasteiger partial charge in [-0.25, -0.2) is 0 Å². The van der Waals surface area contributed by atoms with Crippen LogP contribution in [0.25, 0.3) is 0 Å². The lowest BCUT2D eigenvalue weighted by molar-refractivity contribution is -0.266. The van der Waals surface area contributed by atoms with Crippen molar-refractivity contribution in [2.75, 3.05) is 20.2 Å². The van der Waals surface area contributed by atoms with Gasteiger partial charge in [-0.2, -0.15) is 0 Å². The van der Waals surface area contributed by atoms with Crippen molar-refractivity contribution in [2.24, 2.45) is 40.4 Å². The Morgan fingerprint density at radius 1 is 1.19 bits per heavy atom. The molecule has 0 aromatic carbocycles. The van der Waals surface area contributed by atoms with E-state index in [1.165, 1.54) is 0 Å². The van der Waals surface area contributed by atoms with E-state index < -0.39 is 11.7 Å². The Bertz CT molecular complexity index is 673. The van der Waals surface area contributed by atoms with E-state index in [2.05, 4.69) is 18.7 Å². The number of rotatable bonds is 2. The Kier molecular flexibility index (Phi) is 3.33. The fraction of sp³-hybridized carbons (Fsp3) is 1.00. The fourth-order valence-electron chi connectivity index (χ4n) is 10.1. The van der Waals surface area contributed by atoms with Gasteiger partial charge in [-0.05, 0) is 49.5 Å². The topological polar surface area (TPSA) is 73.2 Å². The zero-order chi connectivity index (χ0) is 18.9. The maximum atomic E-state index is 12.1. The number of aliphatic hydroxyl groups is 3. The quantitative estimate of drug-likeness (QED) is 0.676. The highest BCUT2D eigenvalue weighted by atomic mass is 16.5. The number of hydrogen-bond acceptors (Lipinski definition) is 5. The lowest BCUT2D eigenvalue weighted by atomic mass is 9.43. The van der Waals surface area contributed by atoms with Crippen molar-refractivity contribution in [1.29, 1.82) is 0 Å². The van der Waals surface area contributed by atoms with Crippen molar-refractivity contribution in [2.45, 2.75) is 75.9 Å². The molecule has 152 valence electrons. The SMILES string of the molecule is CCN1C[C@@]2(C)CC[C@H](O)[C@@]34[C@@H]5C[C@@H]6[C@@H](O)[C@@H]5[C@](O)(C[C@H]6OC)[C@@H](C[C@@H]23)[C@@H]14. The van der Waals surface area contributed by atoms with Gasteiger partial charge in [0.1, 0.15) is 0 Å². The lowest BCUT2D eigenvalue weighted by Gasteiger charge is -2.68. The van der Waals surface area contributed by atoms with Gasteiger partial charge < -0.3 is 20.1 Å². The highest BCUT2D eigenvalue weighted by Gasteiger charge is 2.82. The van der Waals surface area contributed by atoms with Crippen molar-refractivity contribution in [3.8, 4) is 0 Å². The average molecular weight is 378 g/mol. The highest BCUT2D eigenvalue weighted by molar-refractivity contribution is 5.32. The Hall–Kier alpha value is -0.200. The number of hydrogen-bond donors (Lipinski definition) is 3. The van der Waals surface area contributed by atoms with Crippen molar-refractivity contribution in [1.82, 2.24) is 4.90 Å². The Morgan fingerprint density at radius 2 is 1.96 bits per heavy atom. The molecule has 3 N–H and O–H groups in total. The van der Waals surface area contributed by atoms with Gasteiger partial charge in [0.25, 0.3) is 0 Å². The summed E-state index contributed by atoms with van der Waals surface area (Å²) in [6.45, 7) is 6.74. The molecule has 5 saturated carbocycles. The Balaban J connectivity index is 1.59. The molecule has 0 aromatic rings. The number of nitrogens with zero attached hydrogens (tertiary/aromatic N) is 1. The molecule has 0 unspecified atom stereocenters. The predicted octanol–water partition coefficient (Wildman–Crippen LogP) is 1.25. The molecular formula is C22H35NO4. The number of likely N-dealkylation sites (tertiary alicyclic amines) is 1. The maximum absolute atomic E-state index is 12.1.